The molecule has 1 fully saturated rings. The number of hydrogen-bond acceptors (Lipinski definition) is 2. The maximum absolute atomic E-state index is 10.2. The summed E-state index contributed by atoms with van der Waals surface area (Å²) >= 11 is 6.65. The molecule has 0 saturated heterocycles. The topological polar surface area (TPSA) is 40.5 Å². The van der Waals surface area contributed by atoms with Crippen LogP contribution < -0.4 is 0 Å². The Bertz CT molecular complexity index is 704. The first-order chi connectivity index (χ1) is 12.6. The van der Waals surface area contributed by atoms with Crippen molar-refractivity contribution in [3.8, 4) is 5.75 Å². The van der Waals surface area contributed by atoms with Crippen molar-refractivity contribution in [2.24, 2.45) is 5.92 Å². The Kier molecular flexibility index (Phi) is 9.28. The molecule has 2 nitrogen and oxygen atoms in total. The van der Waals surface area contributed by atoms with E-state index in [2.05, 4.69) is 37.3 Å². The maximum Gasteiger partial charge on any atom is 0.115 e. The first-order valence-corrected chi connectivity index (χ1v) is 10.2. The predicted molar refractivity (Wildman–Crippen MR) is 108 cm³/mol. The van der Waals surface area contributed by atoms with Crippen molar-refractivity contribution in [2.75, 3.05) is 0 Å². The van der Waals surface area contributed by atoms with Gasteiger partial charge in [-0.05, 0) is 72.8 Å². The van der Waals surface area contributed by atoms with Crippen LogP contribution in [0.4, 0.5) is 0 Å². The van der Waals surface area contributed by atoms with Gasteiger partial charge >= 0.3 is 0 Å². The van der Waals surface area contributed by atoms with Crippen molar-refractivity contribution >= 4 is 11.6 Å². The normalized spacial score (nSPS) is 23.0. The Labute approximate surface area is 193 Å². The molecule has 4 atom stereocenters. The molecule has 0 amide bonds. The number of alkyl halides is 1. The quantitative estimate of drug-likeness (QED) is 0.500. The van der Waals surface area contributed by atoms with Gasteiger partial charge in [0.15, 0.2) is 0 Å². The number of aromatic hydroxyl groups is 1. The third-order valence-corrected chi connectivity index (χ3v) is 6.27. The number of aliphatic hydroxyl groups excluding tert-OH is 1. The molecule has 0 aliphatic heterocycles. The standard InChI is InChI=1S/C23H29ClO2.Y/c1-2-4-23(26)18-10-8-17(9-11-18)20-13-14-22(24)21(20)12-7-16-5-3-6-19(25)15-16;/h3,5-6,8-11,15,20-23,25-26H,2,4,7,12-14H2,1H3;. The number of hydrogen-bond donors (Lipinski definition) is 2. The molecular formula is C23H29ClO2Y. The van der Waals surface area contributed by atoms with Crippen LogP contribution in [0.1, 0.15) is 67.7 Å². The molecule has 1 aliphatic rings. The summed E-state index contributed by atoms with van der Waals surface area (Å²) < 4.78 is 0. The van der Waals surface area contributed by atoms with Gasteiger partial charge in [-0.3, -0.25) is 0 Å². The maximum atomic E-state index is 10.2. The third-order valence-electron chi connectivity index (χ3n) is 5.72. The van der Waals surface area contributed by atoms with Crippen LogP contribution in [-0.4, -0.2) is 15.6 Å². The van der Waals surface area contributed by atoms with Gasteiger partial charge in [0.05, 0.1) is 6.10 Å². The van der Waals surface area contributed by atoms with E-state index in [9.17, 15) is 10.2 Å². The fourth-order valence-electron chi connectivity index (χ4n) is 4.27. The van der Waals surface area contributed by atoms with Crippen LogP contribution in [0.15, 0.2) is 48.5 Å². The SMILES string of the molecule is CCCC(O)c1ccc(C2CCC(Cl)C2CCc2cccc(O)c2)cc1.[Y]. The second kappa shape index (κ2) is 11.0. The summed E-state index contributed by atoms with van der Waals surface area (Å²) in [6.45, 7) is 2.09. The molecule has 2 N–H and O–H groups in total. The average Bonchev–Trinajstić information content (AvgIpc) is 3.01. The van der Waals surface area contributed by atoms with E-state index in [1.165, 1.54) is 5.56 Å². The largest absolute Gasteiger partial charge is 0.508 e. The van der Waals surface area contributed by atoms with Crippen molar-refractivity contribution in [2.45, 2.75) is 62.8 Å². The fourth-order valence-corrected chi connectivity index (χ4v) is 4.69. The molecule has 3 rings (SSSR count). The van der Waals surface area contributed by atoms with Crippen LogP contribution in [0.5, 0.6) is 5.75 Å². The van der Waals surface area contributed by atoms with E-state index in [-0.39, 0.29) is 44.2 Å². The van der Waals surface area contributed by atoms with E-state index in [1.54, 1.807) is 6.07 Å². The zero-order valence-electron chi connectivity index (χ0n) is 16.0. The van der Waals surface area contributed by atoms with Gasteiger partial charge in [0.2, 0.25) is 0 Å². The second-order valence-corrected chi connectivity index (χ2v) is 8.10. The number of phenolic OH excluding ortho intramolecular Hbond substituents is 1. The minimum atomic E-state index is -0.361. The minimum Gasteiger partial charge on any atom is -0.508 e. The Morgan fingerprint density at radius 3 is 2.52 bits per heavy atom. The Morgan fingerprint density at radius 1 is 1.11 bits per heavy atom. The average molecular weight is 462 g/mol. The molecule has 143 valence electrons. The summed E-state index contributed by atoms with van der Waals surface area (Å²) in [6.07, 6.45) is 5.57. The van der Waals surface area contributed by atoms with Gasteiger partial charge in [0.25, 0.3) is 0 Å². The van der Waals surface area contributed by atoms with E-state index in [4.69, 9.17) is 11.6 Å². The molecule has 2 aromatic carbocycles. The Hall–Kier alpha value is -0.406. The molecular weight excluding hydrogens is 433 g/mol. The fraction of sp³-hybridized carbons (Fsp3) is 0.478. The molecule has 0 heterocycles. The zero-order valence-corrected chi connectivity index (χ0v) is 19.6. The van der Waals surface area contributed by atoms with E-state index in [0.29, 0.717) is 17.6 Å². The molecule has 1 saturated carbocycles. The van der Waals surface area contributed by atoms with Gasteiger partial charge in [-0.2, -0.15) is 0 Å². The van der Waals surface area contributed by atoms with Gasteiger partial charge in [-0.15, -0.1) is 11.6 Å². The second-order valence-electron chi connectivity index (χ2n) is 7.54. The summed E-state index contributed by atoms with van der Waals surface area (Å²) in [7, 11) is 0. The van der Waals surface area contributed by atoms with Crippen LogP contribution in [0.2, 0.25) is 0 Å². The Balaban J connectivity index is 0.00000261. The monoisotopic (exact) mass is 461 g/mol. The minimum absolute atomic E-state index is 0. The van der Waals surface area contributed by atoms with Crippen LogP contribution in [0.3, 0.4) is 0 Å². The summed E-state index contributed by atoms with van der Waals surface area (Å²) in [4.78, 5) is 0. The van der Waals surface area contributed by atoms with E-state index >= 15 is 0 Å². The van der Waals surface area contributed by atoms with Gasteiger partial charge in [0, 0.05) is 38.1 Å². The van der Waals surface area contributed by atoms with E-state index in [1.807, 2.05) is 12.1 Å². The first-order valence-electron chi connectivity index (χ1n) is 9.78. The molecule has 27 heavy (non-hydrogen) atoms. The number of aryl methyl sites for hydroxylation is 1. The van der Waals surface area contributed by atoms with E-state index in [0.717, 1.165) is 49.7 Å². The van der Waals surface area contributed by atoms with Crippen molar-refractivity contribution < 1.29 is 42.9 Å². The van der Waals surface area contributed by atoms with Crippen molar-refractivity contribution in [1.82, 2.24) is 0 Å². The van der Waals surface area contributed by atoms with Crippen molar-refractivity contribution in [3.05, 3.63) is 65.2 Å². The molecule has 4 heteroatoms. The van der Waals surface area contributed by atoms with Crippen LogP contribution in [0.25, 0.3) is 0 Å². The zero-order chi connectivity index (χ0) is 18.5. The van der Waals surface area contributed by atoms with Gasteiger partial charge < -0.3 is 10.2 Å². The number of benzene rings is 2. The summed E-state index contributed by atoms with van der Waals surface area (Å²) in [6, 6.07) is 16.0. The molecule has 0 spiro atoms. The third kappa shape index (κ3) is 6.03. The van der Waals surface area contributed by atoms with Crippen molar-refractivity contribution in [3.63, 3.8) is 0 Å². The van der Waals surface area contributed by atoms with Gasteiger partial charge in [-0.25, -0.2) is 0 Å². The molecule has 2 aromatic rings. The number of aliphatic hydroxyl groups is 1. The number of halogens is 1. The summed E-state index contributed by atoms with van der Waals surface area (Å²) in [5, 5.41) is 20.0. The predicted octanol–water partition coefficient (Wildman–Crippen LogP) is 5.96. The molecule has 0 bridgehead atoms. The number of phenols is 1. The van der Waals surface area contributed by atoms with Crippen LogP contribution >= 0.6 is 11.6 Å². The Morgan fingerprint density at radius 2 is 1.85 bits per heavy atom. The summed E-state index contributed by atoms with van der Waals surface area (Å²) in [5.41, 5.74) is 3.51. The molecule has 1 radical (unpaired) electrons. The molecule has 4 unspecified atom stereocenters. The smallest absolute Gasteiger partial charge is 0.115 e. The van der Waals surface area contributed by atoms with Crippen LogP contribution in [-0.2, 0) is 39.1 Å². The van der Waals surface area contributed by atoms with Gasteiger partial charge in [-0.1, -0.05) is 49.7 Å². The summed E-state index contributed by atoms with van der Waals surface area (Å²) in [5.74, 6) is 1.26. The van der Waals surface area contributed by atoms with Crippen LogP contribution in [0, 0.1) is 5.92 Å². The number of rotatable bonds is 7. The molecule has 0 aromatic heterocycles. The van der Waals surface area contributed by atoms with E-state index < -0.39 is 0 Å². The van der Waals surface area contributed by atoms with Crippen molar-refractivity contribution in [1.29, 1.82) is 0 Å². The first kappa shape index (κ1) is 22.9. The van der Waals surface area contributed by atoms with Gasteiger partial charge in [0.1, 0.15) is 5.75 Å². The molecule has 1 aliphatic carbocycles.